The lowest BCUT2D eigenvalue weighted by molar-refractivity contribution is -0.135. The number of morpholine rings is 1. The second-order valence-electron chi connectivity index (χ2n) is 4.60. The van der Waals surface area contributed by atoms with Gasteiger partial charge in [-0.15, -0.1) is 0 Å². The van der Waals surface area contributed by atoms with Crippen LogP contribution in [0, 0.1) is 5.82 Å². The van der Waals surface area contributed by atoms with E-state index >= 15 is 0 Å². The molecular weight excluding hydrogens is 249 g/mol. The lowest BCUT2D eigenvalue weighted by Gasteiger charge is -2.27. The topological polar surface area (TPSA) is 49.8 Å². The van der Waals surface area contributed by atoms with Gasteiger partial charge in [0.05, 0.1) is 19.3 Å². The Hall–Kier alpha value is -1.46. The second kappa shape index (κ2) is 6.63. The summed E-state index contributed by atoms with van der Waals surface area (Å²) in [4.78, 5) is 13.6. The summed E-state index contributed by atoms with van der Waals surface area (Å²) in [5, 5.41) is 9.94. The van der Waals surface area contributed by atoms with Crippen LogP contribution in [0.15, 0.2) is 24.3 Å². The number of ether oxygens (including phenoxy) is 1. The van der Waals surface area contributed by atoms with Crippen LogP contribution >= 0.6 is 0 Å². The molecule has 0 radical (unpaired) electrons. The van der Waals surface area contributed by atoms with Crippen molar-refractivity contribution in [2.75, 3.05) is 26.3 Å². The minimum Gasteiger partial charge on any atom is -0.388 e. The summed E-state index contributed by atoms with van der Waals surface area (Å²) in [6.45, 7) is 2.38. The van der Waals surface area contributed by atoms with Gasteiger partial charge in [0.15, 0.2) is 0 Å². The molecule has 19 heavy (non-hydrogen) atoms. The molecule has 0 saturated carbocycles. The van der Waals surface area contributed by atoms with Gasteiger partial charge in [-0.2, -0.15) is 0 Å². The molecule has 1 N–H and O–H groups in total. The third kappa shape index (κ3) is 4.01. The van der Waals surface area contributed by atoms with Crippen molar-refractivity contribution < 1.29 is 19.0 Å². The predicted octanol–water partition coefficient (Wildman–Crippen LogP) is 1.50. The van der Waals surface area contributed by atoms with Crippen molar-refractivity contribution in [2.24, 2.45) is 0 Å². The number of amides is 1. The highest BCUT2D eigenvalue weighted by Crippen LogP contribution is 2.19. The second-order valence-corrected chi connectivity index (χ2v) is 4.60. The number of halogens is 1. The molecule has 104 valence electrons. The van der Waals surface area contributed by atoms with Crippen molar-refractivity contribution in [1.29, 1.82) is 0 Å². The number of hydrogen-bond acceptors (Lipinski definition) is 3. The normalized spacial score (nSPS) is 17.3. The third-order valence-corrected chi connectivity index (χ3v) is 3.25. The maximum atomic E-state index is 12.8. The molecule has 0 spiro atoms. The van der Waals surface area contributed by atoms with E-state index in [1.54, 1.807) is 17.0 Å². The lowest BCUT2D eigenvalue weighted by Crippen LogP contribution is -2.40. The van der Waals surface area contributed by atoms with E-state index in [1.165, 1.54) is 12.1 Å². The van der Waals surface area contributed by atoms with Gasteiger partial charge in [0, 0.05) is 19.5 Å². The molecule has 1 unspecified atom stereocenters. The van der Waals surface area contributed by atoms with Gasteiger partial charge in [-0.1, -0.05) is 12.1 Å². The van der Waals surface area contributed by atoms with Crippen LogP contribution in [0.1, 0.15) is 24.5 Å². The molecule has 1 aromatic rings. The average molecular weight is 267 g/mol. The maximum absolute atomic E-state index is 12.8. The van der Waals surface area contributed by atoms with Gasteiger partial charge >= 0.3 is 0 Å². The molecule has 0 aliphatic carbocycles. The number of carbonyl (C=O) groups is 1. The zero-order valence-electron chi connectivity index (χ0n) is 10.7. The van der Waals surface area contributed by atoms with Gasteiger partial charge in [0.25, 0.3) is 0 Å². The molecule has 4 nitrogen and oxygen atoms in total. The van der Waals surface area contributed by atoms with Crippen LogP contribution in [0.5, 0.6) is 0 Å². The Morgan fingerprint density at radius 1 is 1.32 bits per heavy atom. The van der Waals surface area contributed by atoms with Crippen molar-refractivity contribution in [1.82, 2.24) is 4.90 Å². The smallest absolute Gasteiger partial charge is 0.222 e. The number of hydrogen-bond donors (Lipinski definition) is 1. The summed E-state index contributed by atoms with van der Waals surface area (Å²) < 4.78 is 17.9. The number of nitrogens with zero attached hydrogens (tertiary/aromatic N) is 1. The first-order valence-electron chi connectivity index (χ1n) is 6.46. The number of aliphatic hydroxyl groups is 1. The van der Waals surface area contributed by atoms with Crippen LogP contribution in [0.3, 0.4) is 0 Å². The van der Waals surface area contributed by atoms with E-state index in [0.717, 1.165) is 0 Å². The summed E-state index contributed by atoms with van der Waals surface area (Å²) >= 11 is 0. The summed E-state index contributed by atoms with van der Waals surface area (Å²) in [6.07, 6.45) is -0.0917. The van der Waals surface area contributed by atoms with E-state index in [9.17, 15) is 14.3 Å². The molecule has 5 heteroatoms. The van der Waals surface area contributed by atoms with Crippen LogP contribution in [-0.4, -0.2) is 42.2 Å². The van der Waals surface area contributed by atoms with Crippen molar-refractivity contribution in [3.63, 3.8) is 0 Å². The fourth-order valence-electron chi connectivity index (χ4n) is 2.08. The summed E-state index contributed by atoms with van der Waals surface area (Å²) in [5.41, 5.74) is 0.635. The highest BCUT2D eigenvalue weighted by atomic mass is 19.1. The molecule has 1 aliphatic heterocycles. The first-order chi connectivity index (χ1) is 9.16. The van der Waals surface area contributed by atoms with E-state index in [-0.39, 0.29) is 11.7 Å². The van der Waals surface area contributed by atoms with E-state index in [1.807, 2.05) is 0 Å². The standard InChI is InChI=1S/C14H18FNO3/c15-12-3-1-11(2-4-12)13(17)5-6-14(18)16-7-9-19-10-8-16/h1-4,13,17H,5-10H2. The molecule has 1 heterocycles. The zero-order chi connectivity index (χ0) is 13.7. The minimum atomic E-state index is -0.731. The number of carbonyl (C=O) groups excluding carboxylic acids is 1. The Bertz CT molecular complexity index is 415. The third-order valence-electron chi connectivity index (χ3n) is 3.25. The van der Waals surface area contributed by atoms with Gasteiger partial charge in [-0.05, 0) is 24.1 Å². The Morgan fingerprint density at radius 3 is 2.58 bits per heavy atom. The molecule has 0 aromatic heterocycles. The Kier molecular flexibility index (Phi) is 4.87. The van der Waals surface area contributed by atoms with Crippen molar-refractivity contribution in [2.45, 2.75) is 18.9 Å². The molecule has 1 aliphatic rings. The predicted molar refractivity (Wildman–Crippen MR) is 68.0 cm³/mol. The molecule has 0 bridgehead atoms. The van der Waals surface area contributed by atoms with Crippen LogP contribution in [0.4, 0.5) is 4.39 Å². The molecule has 2 rings (SSSR count). The van der Waals surface area contributed by atoms with E-state index in [4.69, 9.17) is 4.74 Å². The summed E-state index contributed by atoms with van der Waals surface area (Å²) in [5.74, 6) is -0.301. The molecular formula is C14H18FNO3. The van der Waals surface area contributed by atoms with Crippen LogP contribution in [0.25, 0.3) is 0 Å². The summed E-state index contributed by atoms with van der Waals surface area (Å²) in [7, 11) is 0. The van der Waals surface area contributed by atoms with E-state index in [2.05, 4.69) is 0 Å². The SMILES string of the molecule is O=C(CCC(O)c1ccc(F)cc1)N1CCOCC1. The number of benzene rings is 1. The molecule has 1 atom stereocenters. The number of aliphatic hydroxyl groups excluding tert-OH is 1. The van der Waals surface area contributed by atoms with Crippen molar-refractivity contribution in [3.05, 3.63) is 35.6 Å². The van der Waals surface area contributed by atoms with Gasteiger partial charge in [-0.3, -0.25) is 4.79 Å². The highest BCUT2D eigenvalue weighted by molar-refractivity contribution is 5.76. The average Bonchev–Trinajstić information content (AvgIpc) is 2.46. The summed E-state index contributed by atoms with van der Waals surface area (Å²) in [6, 6.07) is 5.70. The molecule has 1 amide bonds. The van der Waals surface area contributed by atoms with E-state index < -0.39 is 6.10 Å². The first kappa shape index (κ1) is 14.0. The van der Waals surface area contributed by atoms with Crippen LogP contribution in [0.2, 0.25) is 0 Å². The fourth-order valence-corrected chi connectivity index (χ4v) is 2.08. The van der Waals surface area contributed by atoms with Crippen molar-refractivity contribution >= 4 is 5.91 Å². The fraction of sp³-hybridized carbons (Fsp3) is 0.500. The van der Waals surface area contributed by atoms with Crippen molar-refractivity contribution in [3.8, 4) is 0 Å². The molecule has 1 aromatic carbocycles. The molecule has 1 fully saturated rings. The monoisotopic (exact) mass is 267 g/mol. The highest BCUT2D eigenvalue weighted by Gasteiger charge is 2.18. The van der Waals surface area contributed by atoms with E-state index in [0.29, 0.717) is 44.7 Å². The maximum Gasteiger partial charge on any atom is 0.222 e. The van der Waals surface area contributed by atoms with Gasteiger partial charge in [0.2, 0.25) is 5.91 Å². The number of rotatable bonds is 4. The quantitative estimate of drug-likeness (QED) is 0.899. The largest absolute Gasteiger partial charge is 0.388 e. The van der Waals surface area contributed by atoms with Crippen LogP contribution < -0.4 is 0 Å². The molecule has 1 saturated heterocycles. The Balaban J connectivity index is 1.80. The van der Waals surface area contributed by atoms with Gasteiger partial charge in [0.1, 0.15) is 5.82 Å². The van der Waals surface area contributed by atoms with Crippen LogP contribution in [-0.2, 0) is 9.53 Å². The van der Waals surface area contributed by atoms with Gasteiger partial charge in [-0.25, -0.2) is 4.39 Å². The van der Waals surface area contributed by atoms with Gasteiger partial charge < -0.3 is 14.7 Å². The Labute approximate surface area is 111 Å². The zero-order valence-corrected chi connectivity index (χ0v) is 10.7. The first-order valence-corrected chi connectivity index (χ1v) is 6.46. The minimum absolute atomic E-state index is 0.0319. The lowest BCUT2D eigenvalue weighted by atomic mass is 10.0. The Morgan fingerprint density at radius 2 is 1.95 bits per heavy atom.